The molecule has 2 aliphatic carbocycles. The maximum absolute atomic E-state index is 13.8. The van der Waals surface area contributed by atoms with E-state index in [2.05, 4.69) is 54.6 Å². The van der Waals surface area contributed by atoms with Crippen LogP contribution in [0.3, 0.4) is 0 Å². The average Bonchev–Trinajstić information content (AvgIpc) is 3.39. The number of nitriles is 1. The van der Waals surface area contributed by atoms with Gasteiger partial charge < -0.3 is 19.4 Å². The van der Waals surface area contributed by atoms with Crippen LogP contribution in [0.25, 0.3) is 0 Å². The molecule has 9 heteroatoms. The first-order chi connectivity index (χ1) is 20.3. The number of carbonyl (C=O) groups excluding carboxylic acids is 1. The molecule has 0 N–H and O–H groups in total. The van der Waals surface area contributed by atoms with Gasteiger partial charge in [-0.05, 0) is 94.0 Å². The van der Waals surface area contributed by atoms with E-state index in [4.69, 9.17) is 14.7 Å². The normalized spacial score (nSPS) is 25.6. The third-order valence-electron chi connectivity index (χ3n) is 10.2. The maximum atomic E-state index is 13.8. The summed E-state index contributed by atoms with van der Waals surface area (Å²) in [6.07, 6.45) is 8.50. The van der Waals surface area contributed by atoms with Crippen molar-refractivity contribution in [3.05, 3.63) is 58.6 Å². The summed E-state index contributed by atoms with van der Waals surface area (Å²) in [6.45, 7) is 8.23. The smallest absolute Gasteiger partial charge is 0.318 e. The van der Waals surface area contributed by atoms with Gasteiger partial charge in [-0.25, -0.2) is 4.39 Å². The molecule has 3 unspecified atom stereocenters. The Kier molecular flexibility index (Phi) is 7.93. The van der Waals surface area contributed by atoms with E-state index in [0.717, 1.165) is 68.6 Å². The predicted molar refractivity (Wildman–Crippen MR) is 159 cm³/mol. The largest absolute Gasteiger partial charge is 0.462 e. The van der Waals surface area contributed by atoms with E-state index in [9.17, 15) is 14.4 Å². The Balaban J connectivity index is 1.31. The summed E-state index contributed by atoms with van der Waals surface area (Å²) >= 11 is 0. The number of hydrogen-bond acceptors (Lipinski definition) is 7. The summed E-state index contributed by atoms with van der Waals surface area (Å²) in [4.78, 5) is 28.4. The Bertz CT molecular complexity index is 1420. The fourth-order valence-electron chi connectivity index (χ4n) is 7.70. The number of hydrogen-bond donors (Lipinski definition) is 0. The SMILES string of the molecule is C=C(F)C(=O)N1CCN(c2nc(OCC3CCCN3C)nc3c2CCC2(CCc4c(C)cccc4C2)C3)CC1CC#N. The Hall–Kier alpha value is -3.51. The molecule has 4 aliphatic rings. The summed E-state index contributed by atoms with van der Waals surface area (Å²) in [5.74, 6) is -0.891. The van der Waals surface area contributed by atoms with Crippen LogP contribution in [0.2, 0.25) is 0 Å². The van der Waals surface area contributed by atoms with Crippen molar-refractivity contribution in [2.75, 3.05) is 44.7 Å². The maximum Gasteiger partial charge on any atom is 0.318 e. The van der Waals surface area contributed by atoms with Crippen molar-refractivity contribution in [2.24, 2.45) is 5.41 Å². The van der Waals surface area contributed by atoms with Crippen LogP contribution in [0, 0.1) is 23.7 Å². The van der Waals surface area contributed by atoms with Crippen LogP contribution in [0.15, 0.2) is 30.6 Å². The van der Waals surface area contributed by atoms with E-state index < -0.39 is 17.8 Å². The highest BCUT2D eigenvalue weighted by atomic mass is 19.1. The Morgan fingerprint density at radius 1 is 1.17 bits per heavy atom. The molecule has 0 bridgehead atoms. The van der Waals surface area contributed by atoms with Crippen LogP contribution >= 0.6 is 0 Å². The average molecular weight is 573 g/mol. The van der Waals surface area contributed by atoms with Crippen LogP contribution in [0.1, 0.15) is 60.1 Å². The third kappa shape index (κ3) is 5.49. The number of piperazine rings is 1. The van der Waals surface area contributed by atoms with E-state index in [1.807, 2.05) is 0 Å². The zero-order chi connectivity index (χ0) is 29.4. The van der Waals surface area contributed by atoms with E-state index in [0.29, 0.717) is 38.3 Å². The molecule has 3 atom stereocenters. The van der Waals surface area contributed by atoms with Crippen molar-refractivity contribution < 1.29 is 13.9 Å². The molecule has 3 heterocycles. The molecule has 0 radical (unpaired) electrons. The van der Waals surface area contributed by atoms with Gasteiger partial charge in [-0.1, -0.05) is 24.8 Å². The van der Waals surface area contributed by atoms with Crippen LogP contribution in [0.4, 0.5) is 10.2 Å². The molecule has 6 rings (SSSR count). The van der Waals surface area contributed by atoms with Gasteiger partial charge in [0.1, 0.15) is 12.4 Å². The van der Waals surface area contributed by atoms with Gasteiger partial charge in [-0.15, -0.1) is 0 Å². The number of anilines is 1. The van der Waals surface area contributed by atoms with Crippen LogP contribution < -0.4 is 9.64 Å². The number of aryl methyl sites for hydroxylation is 1. The Morgan fingerprint density at radius 3 is 2.71 bits per heavy atom. The number of likely N-dealkylation sites (N-methyl/N-ethyl adjacent to an activating group) is 1. The second-order valence-corrected chi connectivity index (χ2v) is 12.8. The minimum Gasteiger partial charge on any atom is -0.462 e. The molecule has 1 amide bonds. The molecule has 222 valence electrons. The molecule has 1 aromatic carbocycles. The fourth-order valence-corrected chi connectivity index (χ4v) is 7.70. The first kappa shape index (κ1) is 28.6. The Morgan fingerprint density at radius 2 is 1.98 bits per heavy atom. The predicted octanol–water partition coefficient (Wildman–Crippen LogP) is 4.34. The van der Waals surface area contributed by atoms with Crippen LogP contribution in [-0.4, -0.2) is 77.6 Å². The van der Waals surface area contributed by atoms with Crippen molar-refractivity contribution in [2.45, 2.75) is 76.8 Å². The molecule has 2 aromatic rings. The van der Waals surface area contributed by atoms with Gasteiger partial charge >= 0.3 is 6.01 Å². The number of nitrogens with zero attached hydrogens (tertiary/aromatic N) is 6. The molecule has 2 saturated heterocycles. The van der Waals surface area contributed by atoms with Gasteiger partial charge in [0.25, 0.3) is 5.91 Å². The van der Waals surface area contributed by atoms with Crippen molar-refractivity contribution in [1.29, 1.82) is 5.26 Å². The first-order valence-electron chi connectivity index (χ1n) is 15.3. The van der Waals surface area contributed by atoms with Gasteiger partial charge in [-0.2, -0.15) is 15.2 Å². The lowest BCUT2D eigenvalue weighted by Crippen LogP contribution is -2.55. The molecule has 42 heavy (non-hydrogen) atoms. The standard InChI is InChI=1S/C33H41FN6O2/c1-22-6-4-7-24-18-33(12-9-27(22)24)13-10-28-29(19-33)36-32(42-21-26-8-5-15-38(26)3)37-30(28)39-16-17-40(31(41)23(2)34)25(20-39)11-14-35/h4,6-7,25-26H,2,5,8-13,15-21H2,1,3H3. The molecule has 0 saturated carbocycles. The van der Waals surface area contributed by atoms with Crippen molar-refractivity contribution in [3.8, 4) is 12.1 Å². The second kappa shape index (κ2) is 11.6. The van der Waals surface area contributed by atoms with Gasteiger partial charge in [0.2, 0.25) is 0 Å². The van der Waals surface area contributed by atoms with Crippen LogP contribution in [0.5, 0.6) is 6.01 Å². The lowest BCUT2D eigenvalue weighted by molar-refractivity contribution is -0.131. The monoisotopic (exact) mass is 572 g/mol. The van der Waals surface area contributed by atoms with Gasteiger partial charge in [0.05, 0.1) is 24.2 Å². The number of amides is 1. The van der Waals surface area contributed by atoms with E-state index >= 15 is 0 Å². The summed E-state index contributed by atoms with van der Waals surface area (Å²) < 4.78 is 20.1. The summed E-state index contributed by atoms with van der Waals surface area (Å²) in [7, 11) is 2.13. The minimum absolute atomic E-state index is 0.113. The summed E-state index contributed by atoms with van der Waals surface area (Å²) in [5, 5.41) is 9.50. The number of ether oxygens (including phenoxy) is 1. The number of halogens is 1. The molecular formula is C33H41FN6O2. The second-order valence-electron chi connectivity index (χ2n) is 12.8. The number of likely N-dealkylation sites (tertiary alicyclic amines) is 1. The highest BCUT2D eigenvalue weighted by Crippen LogP contribution is 2.47. The molecule has 1 spiro atoms. The van der Waals surface area contributed by atoms with Crippen LogP contribution in [-0.2, 0) is 30.5 Å². The highest BCUT2D eigenvalue weighted by Gasteiger charge is 2.41. The fraction of sp³-hybridized carbons (Fsp3) is 0.576. The Labute approximate surface area is 248 Å². The number of benzene rings is 1. The lowest BCUT2D eigenvalue weighted by atomic mass is 9.63. The van der Waals surface area contributed by atoms with Crippen molar-refractivity contribution >= 4 is 11.7 Å². The third-order valence-corrected chi connectivity index (χ3v) is 10.2. The van der Waals surface area contributed by atoms with Gasteiger partial charge in [-0.3, -0.25) is 4.79 Å². The zero-order valence-electron chi connectivity index (χ0n) is 24.9. The number of carbonyl (C=O) groups is 1. The summed E-state index contributed by atoms with van der Waals surface area (Å²) in [6, 6.07) is 9.17. The van der Waals surface area contributed by atoms with Crippen molar-refractivity contribution in [1.82, 2.24) is 19.8 Å². The molecular weight excluding hydrogens is 531 g/mol. The van der Waals surface area contributed by atoms with E-state index in [1.54, 1.807) is 0 Å². The van der Waals surface area contributed by atoms with Crippen molar-refractivity contribution in [3.63, 3.8) is 0 Å². The first-order valence-corrected chi connectivity index (χ1v) is 15.3. The molecule has 2 aliphatic heterocycles. The topological polar surface area (TPSA) is 85.6 Å². The van der Waals surface area contributed by atoms with E-state index in [-0.39, 0.29) is 11.8 Å². The van der Waals surface area contributed by atoms with Gasteiger partial charge in [0, 0.05) is 31.2 Å². The lowest BCUT2D eigenvalue weighted by Gasteiger charge is -2.44. The zero-order valence-corrected chi connectivity index (χ0v) is 24.9. The molecule has 1 aromatic heterocycles. The summed E-state index contributed by atoms with van der Waals surface area (Å²) in [5.41, 5.74) is 6.73. The highest BCUT2D eigenvalue weighted by molar-refractivity contribution is 5.91. The number of rotatable bonds is 6. The van der Waals surface area contributed by atoms with E-state index in [1.165, 1.54) is 28.0 Å². The number of aromatic nitrogens is 2. The minimum atomic E-state index is -0.993. The molecule has 2 fully saturated rings. The molecule has 8 nitrogen and oxygen atoms in total. The van der Waals surface area contributed by atoms with Gasteiger partial charge in [0.15, 0.2) is 5.83 Å². The number of fused-ring (bicyclic) bond motifs is 2. The quantitative estimate of drug-likeness (QED) is 0.476.